The second-order valence-electron chi connectivity index (χ2n) is 16.3. The van der Waals surface area contributed by atoms with E-state index in [0.29, 0.717) is 34.3 Å². The van der Waals surface area contributed by atoms with Crippen LogP contribution in [0.25, 0.3) is 61.3 Å². The minimum Gasteiger partial charge on any atom is -0.522 e. The van der Waals surface area contributed by atoms with Crippen LogP contribution in [0.5, 0.6) is 11.5 Å². The molecule has 0 saturated heterocycles. The zero-order chi connectivity index (χ0) is 42.9. The van der Waals surface area contributed by atoms with Gasteiger partial charge in [0.1, 0.15) is 5.82 Å². The number of aromatic nitrogens is 5. The maximum absolute atomic E-state index is 9.04. The first-order valence-electron chi connectivity index (χ1n) is 21.2. The molecule has 0 unspecified atom stereocenters. The summed E-state index contributed by atoms with van der Waals surface area (Å²) >= 11 is 0. The van der Waals surface area contributed by atoms with Crippen LogP contribution in [-0.2, 0) is 33.8 Å². The Kier molecular flexibility index (Phi) is 9.14. The van der Waals surface area contributed by atoms with Crippen molar-refractivity contribution in [2.45, 2.75) is 54.3 Å². The van der Waals surface area contributed by atoms with Crippen LogP contribution in [0.3, 0.4) is 0 Å². The number of hydrogen-bond donors (Lipinski definition) is 0. The molecule has 4 heterocycles. The minimum atomic E-state index is -1.62. The maximum atomic E-state index is 9.04. The number of para-hydroxylation sites is 2. The van der Waals surface area contributed by atoms with Gasteiger partial charge in [-0.3, -0.25) is 14.1 Å². The van der Waals surface area contributed by atoms with E-state index in [9.17, 15) is 0 Å². The summed E-state index contributed by atoms with van der Waals surface area (Å²) in [6, 6.07) is 48.2. The first kappa shape index (κ1) is 34.2. The molecule has 0 bridgehead atoms. The van der Waals surface area contributed by atoms with Crippen LogP contribution in [0.1, 0.15) is 58.2 Å². The summed E-state index contributed by atoms with van der Waals surface area (Å²) in [6.45, 7) is 11.4. The van der Waals surface area contributed by atoms with Crippen LogP contribution in [0.4, 0.5) is 0 Å². The van der Waals surface area contributed by atoms with E-state index in [2.05, 4.69) is 53.8 Å². The number of pyridine rings is 2. The summed E-state index contributed by atoms with van der Waals surface area (Å²) in [4.78, 5) is 9.47. The molecule has 0 atom stereocenters. The first-order chi connectivity index (χ1) is 29.0. The monoisotopic (exact) mass is 942 g/mol. The molecular weight excluding hydrogens is 894 g/mol. The van der Waals surface area contributed by atoms with Gasteiger partial charge in [-0.25, -0.2) is 4.98 Å². The van der Waals surface area contributed by atoms with Crippen LogP contribution >= 0.6 is 0 Å². The SMILES string of the molecule is [2H]C([2H])(c1cccc(-[n+]2[c-]n(-c3[c-]c(Oc4[c-]c5c(cc4)c4cc(-c6ccccc6)ccc4n5-c4cc(C([2H])([2H])C(C)(C)C)ccn4)ccn3)c3ccccc32)c1)C(C)(C)C.[Pt]. The van der Waals surface area contributed by atoms with Gasteiger partial charge in [-0.2, -0.15) is 18.2 Å². The van der Waals surface area contributed by atoms with Gasteiger partial charge < -0.3 is 9.30 Å². The van der Waals surface area contributed by atoms with Gasteiger partial charge in [0.25, 0.3) is 6.33 Å². The zero-order valence-electron chi connectivity index (χ0n) is 37.2. The Bertz CT molecular complexity index is 3110. The number of benzene rings is 5. The van der Waals surface area contributed by atoms with Gasteiger partial charge in [-0.1, -0.05) is 138 Å². The largest absolute Gasteiger partial charge is 0.522 e. The van der Waals surface area contributed by atoms with Gasteiger partial charge in [0.2, 0.25) is 0 Å². The third-order valence-electron chi connectivity index (χ3n) is 9.53. The van der Waals surface area contributed by atoms with Crippen molar-refractivity contribution in [3.05, 3.63) is 169 Å². The molecule has 292 valence electrons. The van der Waals surface area contributed by atoms with Gasteiger partial charge in [0.15, 0.2) is 0 Å². The smallest absolute Gasteiger partial charge is 0.269 e. The van der Waals surface area contributed by atoms with E-state index in [1.807, 2.05) is 140 Å². The summed E-state index contributed by atoms with van der Waals surface area (Å²) < 4.78 is 48.2. The molecule has 0 spiro atoms. The topological polar surface area (TPSA) is 48.8 Å². The fourth-order valence-electron chi connectivity index (χ4n) is 7.30. The predicted molar refractivity (Wildman–Crippen MR) is 230 cm³/mol. The maximum Gasteiger partial charge on any atom is 0.269 e. The molecule has 9 rings (SSSR count). The Morgan fingerprint density at radius 1 is 0.638 bits per heavy atom. The third-order valence-corrected chi connectivity index (χ3v) is 9.53. The minimum absolute atomic E-state index is 0. The van der Waals surface area contributed by atoms with Gasteiger partial charge in [-0.15, -0.1) is 17.5 Å². The van der Waals surface area contributed by atoms with Crippen LogP contribution < -0.4 is 9.30 Å². The Morgan fingerprint density at radius 3 is 2.16 bits per heavy atom. The normalized spacial score (nSPS) is 13.5. The van der Waals surface area contributed by atoms with Crippen LogP contribution in [-0.4, -0.2) is 19.1 Å². The van der Waals surface area contributed by atoms with Gasteiger partial charge in [0.05, 0.1) is 22.5 Å². The quantitative estimate of drug-likeness (QED) is 0.113. The van der Waals surface area contributed by atoms with E-state index in [-0.39, 0.29) is 21.1 Å². The van der Waals surface area contributed by atoms with Crippen LogP contribution in [0, 0.1) is 29.3 Å². The van der Waals surface area contributed by atoms with E-state index in [1.165, 1.54) is 0 Å². The molecule has 0 amide bonds. The molecule has 0 N–H and O–H groups in total. The first-order valence-corrected chi connectivity index (χ1v) is 19.2. The Morgan fingerprint density at radius 2 is 1.36 bits per heavy atom. The summed E-state index contributed by atoms with van der Waals surface area (Å²) in [5, 5.41) is 1.95. The molecule has 9 aromatic rings. The molecule has 0 aliphatic heterocycles. The fraction of sp³-hybridized carbons (Fsp3) is 0.196. The number of imidazole rings is 1. The third kappa shape index (κ3) is 7.99. The number of fused-ring (bicyclic) bond motifs is 4. The molecule has 7 heteroatoms. The van der Waals surface area contributed by atoms with Crippen molar-refractivity contribution in [1.82, 2.24) is 19.1 Å². The number of hydrogen-bond acceptors (Lipinski definition) is 3. The summed E-state index contributed by atoms with van der Waals surface area (Å²) in [5.41, 5.74) is 6.18. The summed E-state index contributed by atoms with van der Waals surface area (Å²) in [7, 11) is 0. The Labute approximate surface area is 360 Å². The van der Waals surface area contributed by atoms with Crippen molar-refractivity contribution in [2.24, 2.45) is 10.8 Å². The van der Waals surface area contributed by atoms with E-state index in [4.69, 9.17) is 15.2 Å². The van der Waals surface area contributed by atoms with E-state index >= 15 is 0 Å². The zero-order valence-corrected chi connectivity index (χ0v) is 35.5. The molecule has 4 aromatic heterocycles. The molecule has 0 radical (unpaired) electrons. The molecule has 0 aliphatic rings. The second kappa shape index (κ2) is 15.5. The molecule has 0 saturated carbocycles. The van der Waals surface area contributed by atoms with Crippen molar-refractivity contribution in [2.75, 3.05) is 0 Å². The molecule has 58 heavy (non-hydrogen) atoms. The molecule has 0 fully saturated rings. The fourth-order valence-corrected chi connectivity index (χ4v) is 7.30. The van der Waals surface area contributed by atoms with Crippen molar-refractivity contribution in [3.8, 4) is 39.9 Å². The molecule has 6 nitrogen and oxygen atoms in total. The van der Waals surface area contributed by atoms with Gasteiger partial charge in [0, 0.05) is 44.0 Å². The Hall–Kier alpha value is -5.84. The predicted octanol–water partition coefficient (Wildman–Crippen LogP) is 11.8. The van der Waals surface area contributed by atoms with Crippen LogP contribution in [0.2, 0.25) is 0 Å². The van der Waals surface area contributed by atoms with E-state index < -0.39 is 23.6 Å². The summed E-state index contributed by atoms with van der Waals surface area (Å²) in [5.74, 6) is 1.92. The van der Waals surface area contributed by atoms with Crippen molar-refractivity contribution >= 4 is 32.8 Å². The Balaban J connectivity index is 0.00000529. The van der Waals surface area contributed by atoms with Gasteiger partial charge in [-0.05, 0) is 81.7 Å². The van der Waals surface area contributed by atoms with Crippen molar-refractivity contribution in [1.29, 1.82) is 0 Å². The molecule has 0 aliphatic carbocycles. The molecular formula is C51H45N5OPt-2. The standard InChI is InChI=1S/C51H45N5O.Pt/c1-50(2,3)32-35-13-12-16-39(27-35)54-34-55(46-18-11-10-17-45(46)54)48-31-41(24-26-52-48)57-40-20-21-42-43-29-38(37-14-8-7-9-15-37)19-22-44(43)56(47(42)30-40)49-28-36(23-25-53-49)33-51(4,5)6;/h7-29H,32-33H2,1-6H3;/q-2;/i32D2,33D2;. The summed E-state index contributed by atoms with van der Waals surface area (Å²) in [6.07, 6.45) is 3.61. The number of nitrogens with zero attached hydrogens (tertiary/aromatic N) is 5. The second-order valence-corrected chi connectivity index (χ2v) is 16.3. The van der Waals surface area contributed by atoms with E-state index in [1.54, 1.807) is 24.5 Å². The van der Waals surface area contributed by atoms with Crippen molar-refractivity contribution < 1.29 is 35.9 Å². The van der Waals surface area contributed by atoms with Gasteiger partial charge >= 0.3 is 0 Å². The van der Waals surface area contributed by atoms with E-state index in [0.717, 1.165) is 49.7 Å². The van der Waals surface area contributed by atoms with Crippen molar-refractivity contribution in [3.63, 3.8) is 0 Å². The number of ether oxygens (including phenoxy) is 1. The molecule has 5 aromatic carbocycles. The average molecular weight is 943 g/mol. The average Bonchev–Trinajstić information content (AvgIpc) is 3.79. The number of rotatable bonds is 8. The van der Waals surface area contributed by atoms with Crippen LogP contribution in [0.15, 0.2) is 140 Å².